The first-order valence-corrected chi connectivity index (χ1v) is 9.55. The van der Waals surface area contributed by atoms with Crippen molar-refractivity contribution in [2.24, 2.45) is 0 Å². The zero-order valence-corrected chi connectivity index (χ0v) is 16.5. The van der Waals surface area contributed by atoms with Crippen LogP contribution >= 0.6 is 0 Å². The van der Waals surface area contributed by atoms with Gasteiger partial charge in [0.05, 0.1) is 5.52 Å². The van der Waals surface area contributed by atoms with E-state index in [1.807, 2.05) is 25.3 Å². The average molecular weight is 410 g/mol. The van der Waals surface area contributed by atoms with Crippen LogP contribution in [0.3, 0.4) is 0 Å². The van der Waals surface area contributed by atoms with Gasteiger partial charge in [-0.1, -0.05) is 6.07 Å². The number of carboxylic acids is 1. The van der Waals surface area contributed by atoms with Crippen molar-refractivity contribution >= 4 is 52.5 Å². The molecule has 0 radical (unpaired) electrons. The molecule has 0 saturated carbocycles. The number of carbonyl (C=O) groups is 2. The summed E-state index contributed by atoms with van der Waals surface area (Å²) in [6.45, 7) is 6.60. The average Bonchev–Trinajstić information content (AvgIpc) is 2.59. The Morgan fingerprint density at radius 2 is 2.00 bits per heavy atom. The first-order valence-electron chi connectivity index (χ1n) is 9.55. The van der Waals surface area contributed by atoms with Crippen LogP contribution in [0.25, 0.3) is 10.9 Å². The van der Waals surface area contributed by atoms with Crippen LogP contribution in [0.5, 0.6) is 0 Å². The number of hydrogen-bond acceptors (Lipinski definition) is 4. The summed E-state index contributed by atoms with van der Waals surface area (Å²) in [5.74, 6) is -1.20. The van der Waals surface area contributed by atoms with Gasteiger partial charge >= 0.3 is 41.6 Å². The van der Waals surface area contributed by atoms with Crippen LogP contribution < -0.4 is 10.7 Å². The second kappa shape index (κ2) is 9.32. The molecule has 1 aromatic heterocycles. The van der Waals surface area contributed by atoms with Crippen molar-refractivity contribution in [1.82, 2.24) is 9.88 Å². The van der Waals surface area contributed by atoms with E-state index < -0.39 is 23.1 Å². The maximum atomic E-state index is 12.7. The first kappa shape index (κ1) is 23.4. The monoisotopic (exact) mass is 410 g/mol. The molecule has 0 fully saturated rings. The summed E-state index contributed by atoms with van der Waals surface area (Å²) in [5.41, 5.74) is 1.73. The Hall–Kier alpha value is -1.83. The zero-order chi connectivity index (χ0) is 20.5. The van der Waals surface area contributed by atoms with E-state index in [9.17, 15) is 19.5 Å². The van der Waals surface area contributed by atoms with E-state index in [-0.39, 0.29) is 35.1 Å². The molecular formula is C21H27N2NaO5. The molecule has 1 amide bonds. The summed E-state index contributed by atoms with van der Waals surface area (Å²) >= 11 is 0. The second-order valence-corrected chi connectivity index (χ2v) is 8.16. The van der Waals surface area contributed by atoms with Gasteiger partial charge in [0.1, 0.15) is 11.2 Å². The number of hydrogen-bond donors (Lipinski definition) is 2. The van der Waals surface area contributed by atoms with E-state index in [4.69, 9.17) is 4.74 Å². The normalized spacial score (nSPS) is 12.9. The molecule has 0 bridgehead atoms. The first-order chi connectivity index (χ1) is 13.2. The van der Waals surface area contributed by atoms with Gasteiger partial charge in [0, 0.05) is 24.7 Å². The summed E-state index contributed by atoms with van der Waals surface area (Å²) in [5, 5.41) is 12.5. The van der Waals surface area contributed by atoms with Crippen LogP contribution in [0.1, 0.15) is 55.1 Å². The number of aryl methyl sites for hydroxylation is 3. The number of rotatable bonds is 5. The van der Waals surface area contributed by atoms with E-state index in [0.29, 0.717) is 31.3 Å². The molecule has 7 nitrogen and oxygen atoms in total. The predicted octanol–water partition coefficient (Wildman–Crippen LogP) is 2.45. The Kier molecular flexibility index (Phi) is 7.54. The molecule has 3 rings (SSSR count). The van der Waals surface area contributed by atoms with Crippen LogP contribution in [0.2, 0.25) is 0 Å². The quantitative estimate of drug-likeness (QED) is 0.583. The number of nitrogens with zero attached hydrogens (tertiary/aromatic N) is 1. The third-order valence-corrected chi connectivity index (χ3v) is 4.70. The zero-order valence-electron chi connectivity index (χ0n) is 16.5. The Balaban J connectivity index is 0.00000300. The number of alkyl carbamates (subject to hydrolysis) is 1. The van der Waals surface area contributed by atoms with Crippen molar-refractivity contribution < 1.29 is 19.4 Å². The van der Waals surface area contributed by atoms with E-state index in [0.717, 1.165) is 29.5 Å². The van der Waals surface area contributed by atoms with E-state index in [2.05, 4.69) is 11.4 Å². The molecular weight excluding hydrogens is 383 g/mol. The third kappa shape index (κ3) is 5.62. The summed E-state index contributed by atoms with van der Waals surface area (Å²) in [6, 6.07) is 3.88. The summed E-state index contributed by atoms with van der Waals surface area (Å²) < 4.78 is 7.09. The molecule has 1 aromatic carbocycles. The van der Waals surface area contributed by atoms with Gasteiger partial charge in [0.15, 0.2) is 0 Å². The van der Waals surface area contributed by atoms with Gasteiger partial charge in [-0.3, -0.25) is 4.79 Å². The van der Waals surface area contributed by atoms with Gasteiger partial charge in [-0.15, -0.1) is 0 Å². The molecule has 2 aromatic rings. The molecule has 2 N–H and O–H groups in total. The minimum atomic E-state index is -1.20. The standard InChI is InChI=1S/C21H26N2O5.Na.H/c1-21(2,3)28-20(27)22-8-4-6-13-10-14-7-5-9-23-12-16(19(25)26)18(24)15(11-13)17(14)23;;/h10-12H,4-9H2,1-3H3,(H,22,27)(H,25,26);;. The molecule has 1 aliphatic rings. The molecule has 0 aliphatic carbocycles. The molecule has 29 heavy (non-hydrogen) atoms. The fourth-order valence-corrected chi connectivity index (χ4v) is 3.60. The summed E-state index contributed by atoms with van der Waals surface area (Å²) in [4.78, 5) is 35.8. The van der Waals surface area contributed by atoms with Crippen molar-refractivity contribution in [2.75, 3.05) is 6.54 Å². The van der Waals surface area contributed by atoms with Crippen molar-refractivity contribution in [3.63, 3.8) is 0 Å². The van der Waals surface area contributed by atoms with Crippen molar-refractivity contribution in [3.05, 3.63) is 45.2 Å². The second-order valence-electron chi connectivity index (χ2n) is 8.16. The van der Waals surface area contributed by atoms with Crippen molar-refractivity contribution in [2.45, 2.75) is 58.6 Å². The van der Waals surface area contributed by atoms with Crippen LogP contribution in [0, 0.1) is 0 Å². The summed E-state index contributed by atoms with van der Waals surface area (Å²) in [7, 11) is 0. The van der Waals surface area contributed by atoms with Gasteiger partial charge in [-0.05, 0) is 63.6 Å². The van der Waals surface area contributed by atoms with E-state index in [1.165, 1.54) is 6.20 Å². The molecule has 8 heteroatoms. The minimum absolute atomic E-state index is 0. The van der Waals surface area contributed by atoms with Gasteiger partial charge < -0.3 is 19.7 Å². The molecule has 2 heterocycles. The molecule has 0 spiro atoms. The Labute approximate surface area is 191 Å². The molecule has 1 aliphatic heterocycles. The fraction of sp³-hybridized carbons (Fsp3) is 0.476. The molecule has 0 atom stereocenters. The number of nitrogens with one attached hydrogen (secondary N) is 1. The van der Waals surface area contributed by atoms with Crippen molar-refractivity contribution in [3.8, 4) is 0 Å². The number of pyridine rings is 1. The van der Waals surface area contributed by atoms with Gasteiger partial charge in [-0.25, -0.2) is 9.59 Å². The Bertz CT molecular complexity index is 991. The Morgan fingerprint density at radius 1 is 1.28 bits per heavy atom. The Morgan fingerprint density at radius 3 is 2.66 bits per heavy atom. The van der Waals surface area contributed by atoms with Gasteiger partial charge in [0.25, 0.3) is 0 Å². The number of benzene rings is 1. The number of aromatic nitrogens is 1. The van der Waals surface area contributed by atoms with Gasteiger partial charge in [0.2, 0.25) is 5.43 Å². The van der Waals surface area contributed by atoms with Crippen LogP contribution in [0.15, 0.2) is 23.1 Å². The third-order valence-electron chi connectivity index (χ3n) is 4.70. The van der Waals surface area contributed by atoms with Gasteiger partial charge in [-0.2, -0.15) is 0 Å². The fourth-order valence-electron chi connectivity index (χ4n) is 3.60. The van der Waals surface area contributed by atoms with Crippen LogP contribution in [-0.2, 0) is 24.1 Å². The van der Waals surface area contributed by atoms with Crippen LogP contribution in [0.4, 0.5) is 4.79 Å². The number of amides is 1. The number of aromatic carboxylic acids is 1. The van der Waals surface area contributed by atoms with E-state index in [1.54, 1.807) is 6.07 Å². The summed E-state index contributed by atoms with van der Waals surface area (Å²) in [6.07, 6.45) is 4.15. The number of ether oxygens (including phenoxy) is 1. The van der Waals surface area contributed by atoms with E-state index >= 15 is 0 Å². The number of carbonyl (C=O) groups excluding carboxylic acids is 1. The maximum absolute atomic E-state index is 12.7. The molecule has 0 unspecified atom stereocenters. The molecule has 152 valence electrons. The predicted molar refractivity (Wildman–Crippen MR) is 113 cm³/mol. The van der Waals surface area contributed by atoms with Crippen LogP contribution in [-0.4, -0.2) is 63.4 Å². The topological polar surface area (TPSA) is 97.6 Å². The molecule has 0 saturated heterocycles. The van der Waals surface area contributed by atoms with Crippen molar-refractivity contribution in [1.29, 1.82) is 0 Å². The number of carboxylic acid groups (broad SMARTS) is 1. The SMILES string of the molecule is CC(C)(C)OC(=O)NCCCc1cc2c3c(c1)c(=O)c(C(=O)O)cn3CCC2.[NaH].